The Hall–Kier alpha value is -0.530. The maximum atomic E-state index is 12.5. The average Bonchev–Trinajstić information content (AvgIpc) is 2.77. The van der Waals surface area contributed by atoms with Crippen LogP contribution in [0.25, 0.3) is 0 Å². The van der Waals surface area contributed by atoms with Crippen molar-refractivity contribution in [1.82, 2.24) is 0 Å². The van der Waals surface area contributed by atoms with Crippen LogP contribution in [-0.4, -0.2) is 12.6 Å². The van der Waals surface area contributed by atoms with Gasteiger partial charge >= 0.3 is 5.97 Å². The van der Waals surface area contributed by atoms with E-state index in [9.17, 15) is 4.79 Å². The molecule has 2 unspecified atom stereocenters. The van der Waals surface area contributed by atoms with Crippen molar-refractivity contribution in [1.29, 1.82) is 0 Å². The van der Waals surface area contributed by atoms with Gasteiger partial charge in [0.25, 0.3) is 0 Å². The molecule has 31 heavy (non-hydrogen) atoms. The van der Waals surface area contributed by atoms with Gasteiger partial charge in [0.2, 0.25) is 0 Å². The monoisotopic (exact) mass is 438 g/mol. The Morgan fingerprint density at radius 3 is 1.32 bits per heavy atom. The molecule has 0 saturated carbocycles. The second-order valence-electron chi connectivity index (χ2n) is 10.1. The van der Waals surface area contributed by atoms with Gasteiger partial charge in [0.15, 0.2) is 0 Å². The molecule has 2 atom stereocenters. The lowest BCUT2D eigenvalue weighted by molar-refractivity contribution is -0.149. The minimum Gasteiger partial charge on any atom is -0.465 e. The van der Waals surface area contributed by atoms with Crippen LogP contribution in [-0.2, 0) is 9.53 Å². The lowest BCUT2D eigenvalue weighted by Crippen LogP contribution is -2.20. The van der Waals surface area contributed by atoms with Gasteiger partial charge in [-0.15, -0.1) is 0 Å². The summed E-state index contributed by atoms with van der Waals surface area (Å²) in [6.07, 6.45) is 27.3. The third kappa shape index (κ3) is 21.1. The van der Waals surface area contributed by atoms with Crippen molar-refractivity contribution in [3.63, 3.8) is 0 Å². The fourth-order valence-electron chi connectivity index (χ4n) is 4.43. The van der Waals surface area contributed by atoms with E-state index in [1.54, 1.807) is 0 Å². The number of hydrogen-bond donors (Lipinski definition) is 0. The topological polar surface area (TPSA) is 26.3 Å². The Morgan fingerprint density at radius 1 is 0.548 bits per heavy atom. The minimum atomic E-state index is 0.0462. The summed E-state index contributed by atoms with van der Waals surface area (Å²) in [5.74, 6) is 0.683. The van der Waals surface area contributed by atoms with Gasteiger partial charge in [0, 0.05) is 0 Å². The van der Waals surface area contributed by atoms with E-state index in [1.807, 2.05) is 0 Å². The molecule has 0 aromatic carbocycles. The normalized spacial score (nSPS) is 13.3. The van der Waals surface area contributed by atoms with Crippen molar-refractivity contribution in [2.75, 3.05) is 6.61 Å². The van der Waals surface area contributed by atoms with E-state index in [0.29, 0.717) is 12.5 Å². The molecule has 0 aromatic rings. The van der Waals surface area contributed by atoms with E-state index >= 15 is 0 Å². The van der Waals surface area contributed by atoms with Crippen LogP contribution in [0.1, 0.15) is 163 Å². The summed E-state index contributed by atoms with van der Waals surface area (Å²) < 4.78 is 5.81. The van der Waals surface area contributed by atoms with Gasteiger partial charge in [-0.3, -0.25) is 4.79 Å². The number of unbranched alkanes of at least 4 members (excludes halogenated alkanes) is 15. The molecule has 0 radical (unpaired) electrons. The number of ether oxygens (including phenoxy) is 1. The largest absolute Gasteiger partial charge is 0.465 e. The molecule has 0 rings (SSSR count). The van der Waals surface area contributed by atoms with E-state index in [1.165, 1.54) is 128 Å². The molecule has 0 aromatic heterocycles. The lowest BCUT2D eigenvalue weighted by Gasteiger charge is -2.19. The third-order valence-corrected chi connectivity index (χ3v) is 6.79. The molecule has 2 heteroatoms. The fraction of sp³-hybridized carbons (Fsp3) is 0.966. The quantitative estimate of drug-likeness (QED) is 0.111. The smallest absolute Gasteiger partial charge is 0.308 e. The van der Waals surface area contributed by atoms with Crippen LogP contribution in [0.4, 0.5) is 0 Å². The fourth-order valence-corrected chi connectivity index (χ4v) is 4.43. The number of carbonyl (C=O) groups is 1. The summed E-state index contributed by atoms with van der Waals surface area (Å²) in [6, 6.07) is 0. The highest BCUT2D eigenvalue weighted by Gasteiger charge is 2.17. The zero-order valence-electron chi connectivity index (χ0n) is 22.0. The van der Waals surface area contributed by atoms with Crippen LogP contribution in [0.5, 0.6) is 0 Å². The standard InChI is InChI=1S/C29H58O2/c1-5-8-11-14-16-18-20-23-27(4)29(30)31-26-28(24-21-17-13-10-7-3)25-22-19-15-12-9-6-2/h27-28H,5-26H2,1-4H3. The first-order valence-electron chi connectivity index (χ1n) is 14.3. The summed E-state index contributed by atoms with van der Waals surface area (Å²) in [5.41, 5.74) is 0. The molecule has 0 aliphatic rings. The maximum Gasteiger partial charge on any atom is 0.308 e. The summed E-state index contributed by atoms with van der Waals surface area (Å²) in [6.45, 7) is 9.53. The first-order chi connectivity index (χ1) is 15.2. The predicted molar refractivity (Wildman–Crippen MR) is 138 cm³/mol. The molecular weight excluding hydrogens is 380 g/mol. The van der Waals surface area contributed by atoms with Gasteiger partial charge in [-0.1, -0.05) is 143 Å². The maximum absolute atomic E-state index is 12.5. The first kappa shape index (κ1) is 30.5. The van der Waals surface area contributed by atoms with Crippen molar-refractivity contribution in [2.24, 2.45) is 11.8 Å². The van der Waals surface area contributed by atoms with Gasteiger partial charge in [-0.2, -0.15) is 0 Å². The Morgan fingerprint density at radius 2 is 0.903 bits per heavy atom. The summed E-state index contributed by atoms with van der Waals surface area (Å²) in [7, 11) is 0. The molecule has 0 bridgehead atoms. The van der Waals surface area contributed by atoms with E-state index in [4.69, 9.17) is 4.74 Å². The molecule has 0 saturated heterocycles. The van der Waals surface area contributed by atoms with Crippen LogP contribution >= 0.6 is 0 Å². The summed E-state index contributed by atoms with van der Waals surface area (Å²) in [5, 5.41) is 0. The summed E-state index contributed by atoms with van der Waals surface area (Å²) in [4.78, 5) is 12.5. The molecule has 0 aliphatic carbocycles. The highest BCUT2D eigenvalue weighted by Crippen LogP contribution is 2.21. The van der Waals surface area contributed by atoms with Crippen LogP contribution in [0, 0.1) is 11.8 Å². The van der Waals surface area contributed by atoms with Crippen LogP contribution in [0.3, 0.4) is 0 Å². The highest BCUT2D eigenvalue weighted by atomic mass is 16.5. The van der Waals surface area contributed by atoms with E-state index in [2.05, 4.69) is 27.7 Å². The Balaban J connectivity index is 4.07. The molecule has 2 nitrogen and oxygen atoms in total. The van der Waals surface area contributed by atoms with E-state index in [0.717, 1.165) is 6.42 Å². The average molecular weight is 439 g/mol. The van der Waals surface area contributed by atoms with Gasteiger partial charge in [0.1, 0.15) is 0 Å². The highest BCUT2D eigenvalue weighted by molar-refractivity contribution is 5.71. The van der Waals surface area contributed by atoms with Crippen molar-refractivity contribution >= 4 is 5.97 Å². The lowest BCUT2D eigenvalue weighted by atomic mass is 9.94. The molecule has 186 valence electrons. The van der Waals surface area contributed by atoms with E-state index < -0.39 is 0 Å². The SMILES string of the molecule is CCCCCCCCCC(C)C(=O)OCC(CCCCCCC)CCCCCCCC. The Bertz CT molecular complexity index is 366. The van der Waals surface area contributed by atoms with Crippen LogP contribution < -0.4 is 0 Å². The van der Waals surface area contributed by atoms with Gasteiger partial charge in [-0.25, -0.2) is 0 Å². The predicted octanol–water partition coefficient (Wildman–Crippen LogP) is 10.0. The number of rotatable bonds is 24. The van der Waals surface area contributed by atoms with Gasteiger partial charge in [-0.05, 0) is 25.2 Å². The van der Waals surface area contributed by atoms with Gasteiger partial charge in [0.05, 0.1) is 12.5 Å². The van der Waals surface area contributed by atoms with Crippen molar-refractivity contribution in [3.05, 3.63) is 0 Å². The minimum absolute atomic E-state index is 0.0462. The number of hydrogen-bond acceptors (Lipinski definition) is 2. The number of carbonyl (C=O) groups excluding carboxylic acids is 1. The van der Waals surface area contributed by atoms with Crippen LogP contribution in [0.2, 0.25) is 0 Å². The van der Waals surface area contributed by atoms with Gasteiger partial charge < -0.3 is 4.74 Å². The van der Waals surface area contributed by atoms with Crippen LogP contribution in [0.15, 0.2) is 0 Å². The third-order valence-electron chi connectivity index (χ3n) is 6.79. The zero-order chi connectivity index (χ0) is 23.0. The molecular formula is C29H58O2. The Kier molecular flexibility index (Phi) is 23.7. The van der Waals surface area contributed by atoms with Crippen molar-refractivity contribution < 1.29 is 9.53 Å². The molecule has 0 aliphatic heterocycles. The number of esters is 1. The zero-order valence-corrected chi connectivity index (χ0v) is 22.0. The molecule has 0 N–H and O–H groups in total. The molecule has 0 heterocycles. The molecule has 0 spiro atoms. The summed E-state index contributed by atoms with van der Waals surface area (Å²) >= 11 is 0. The molecule has 0 amide bonds. The second-order valence-corrected chi connectivity index (χ2v) is 10.1. The van der Waals surface area contributed by atoms with E-state index in [-0.39, 0.29) is 11.9 Å². The second kappa shape index (κ2) is 24.1. The van der Waals surface area contributed by atoms with Crippen molar-refractivity contribution in [3.8, 4) is 0 Å². The first-order valence-corrected chi connectivity index (χ1v) is 14.3. The Labute approximate surface area is 196 Å². The van der Waals surface area contributed by atoms with Crippen molar-refractivity contribution in [2.45, 2.75) is 163 Å². The molecule has 0 fully saturated rings.